The molecule has 1 unspecified atom stereocenters. The normalized spacial score (nSPS) is 12.4. The van der Waals surface area contributed by atoms with Crippen molar-refractivity contribution in [2.45, 2.75) is 53.0 Å². The Morgan fingerprint density at radius 1 is 1.22 bits per heavy atom. The molecular weight excluding hydrogens is 222 g/mol. The van der Waals surface area contributed by atoms with Crippen LogP contribution in [0.1, 0.15) is 57.2 Å². The van der Waals surface area contributed by atoms with Crippen LogP contribution in [0.5, 0.6) is 5.75 Å². The zero-order chi connectivity index (χ0) is 13.4. The van der Waals surface area contributed by atoms with Crippen LogP contribution in [0.15, 0.2) is 18.2 Å². The molecule has 1 aromatic rings. The molecule has 1 N–H and O–H groups in total. The van der Waals surface area contributed by atoms with E-state index in [2.05, 4.69) is 51.2 Å². The third kappa shape index (κ3) is 4.69. The zero-order valence-electron chi connectivity index (χ0n) is 12.3. The van der Waals surface area contributed by atoms with E-state index in [-0.39, 0.29) is 0 Å². The summed E-state index contributed by atoms with van der Waals surface area (Å²) in [5, 5.41) is 3.52. The van der Waals surface area contributed by atoms with Gasteiger partial charge in [0, 0.05) is 11.6 Å². The van der Waals surface area contributed by atoms with E-state index in [4.69, 9.17) is 4.74 Å². The topological polar surface area (TPSA) is 21.3 Å². The van der Waals surface area contributed by atoms with Crippen molar-refractivity contribution in [2.24, 2.45) is 0 Å². The Kier molecular flexibility index (Phi) is 6.81. The van der Waals surface area contributed by atoms with Gasteiger partial charge in [-0.3, -0.25) is 0 Å². The van der Waals surface area contributed by atoms with Crippen LogP contribution in [0.25, 0.3) is 0 Å². The SMILES string of the molecule is CCCCOc1cc(C)ccc1C(C)NCCC. The van der Waals surface area contributed by atoms with Crippen LogP contribution in [-0.4, -0.2) is 13.2 Å². The minimum Gasteiger partial charge on any atom is -0.493 e. The van der Waals surface area contributed by atoms with Gasteiger partial charge in [0.15, 0.2) is 0 Å². The number of aryl methyl sites for hydroxylation is 1. The van der Waals surface area contributed by atoms with Gasteiger partial charge in [-0.25, -0.2) is 0 Å². The summed E-state index contributed by atoms with van der Waals surface area (Å²) < 4.78 is 5.92. The lowest BCUT2D eigenvalue weighted by Crippen LogP contribution is -2.20. The molecular formula is C16H27NO. The predicted molar refractivity (Wildman–Crippen MR) is 78.3 cm³/mol. The second kappa shape index (κ2) is 8.15. The quantitative estimate of drug-likeness (QED) is 0.696. The fraction of sp³-hybridized carbons (Fsp3) is 0.625. The van der Waals surface area contributed by atoms with Crippen molar-refractivity contribution in [1.29, 1.82) is 0 Å². The van der Waals surface area contributed by atoms with E-state index in [0.717, 1.165) is 31.7 Å². The van der Waals surface area contributed by atoms with Gasteiger partial charge in [-0.15, -0.1) is 0 Å². The van der Waals surface area contributed by atoms with Crippen molar-refractivity contribution in [1.82, 2.24) is 5.32 Å². The minimum absolute atomic E-state index is 0.349. The van der Waals surface area contributed by atoms with Gasteiger partial charge in [0.25, 0.3) is 0 Å². The molecule has 2 heteroatoms. The number of ether oxygens (including phenoxy) is 1. The molecule has 0 aliphatic heterocycles. The Hall–Kier alpha value is -1.02. The highest BCUT2D eigenvalue weighted by atomic mass is 16.5. The van der Waals surface area contributed by atoms with Gasteiger partial charge in [-0.2, -0.15) is 0 Å². The molecule has 0 aromatic heterocycles. The van der Waals surface area contributed by atoms with Crippen molar-refractivity contribution < 1.29 is 4.74 Å². The Bertz CT molecular complexity index is 349. The van der Waals surface area contributed by atoms with Gasteiger partial charge < -0.3 is 10.1 Å². The van der Waals surface area contributed by atoms with Crippen LogP contribution >= 0.6 is 0 Å². The van der Waals surface area contributed by atoms with Gasteiger partial charge in [0.1, 0.15) is 5.75 Å². The van der Waals surface area contributed by atoms with Crippen molar-refractivity contribution in [3.63, 3.8) is 0 Å². The minimum atomic E-state index is 0.349. The number of nitrogens with one attached hydrogen (secondary N) is 1. The molecule has 0 amide bonds. The van der Waals surface area contributed by atoms with E-state index in [1.165, 1.54) is 17.5 Å². The molecule has 0 radical (unpaired) electrons. The van der Waals surface area contributed by atoms with Gasteiger partial charge in [0.2, 0.25) is 0 Å². The molecule has 1 aromatic carbocycles. The Morgan fingerprint density at radius 2 is 2.00 bits per heavy atom. The zero-order valence-corrected chi connectivity index (χ0v) is 12.3. The maximum atomic E-state index is 5.92. The molecule has 0 spiro atoms. The molecule has 0 heterocycles. The molecule has 2 nitrogen and oxygen atoms in total. The van der Waals surface area contributed by atoms with E-state index < -0.39 is 0 Å². The highest BCUT2D eigenvalue weighted by molar-refractivity contribution is 5.39. The average Bonchev–Trinajstić information content (AvgIpc) is 2.36. The van der Waals surface area contributed by atoms with E-state index in [1.807, 2.05) is 0 Å². The molecule has 0 fully saturated rings. The molecule has 0 aliphatic carbocycles. The van der Waals surface area contributed by atoms with Crippen LogP contribution < -0.4 is 10.1 Å². The first-order chi connectivity index (χ1) is 8.69. The maximum Gasteiger partial charge on any atom is 0.124 e. The lowest BCUT2D eigenvalue weighted by atomic mass is 10.0. The third-order valence-electron chi connectivity index (χ3n) is 3.09. The Labute approximate surface area is 112 Å². The first-order valence-corrected chi connectivity index (χ1v) is 7.15. The van der Waals surface area contributed by atoms with E-state index >= 15 is 0 Å². The van der Waals surface area contributed by atoms with Gasteiger partial charge >= 0.3 is 0 Å². The van der Waals surface area contributed by atoms with Crippen molar-refractivity contribution in [3.8, 4) is 5.75 Å². The van der Waals surface area contributed by atoms with Crippen molar-refractivity contribution >= 4 is 0 Å². The summed E-state index contributed by atoms with van der Waals surface area (Å²) >= 11 is 0. The van der Waals surface area contributed by atoms with Gasteiger partial charge in [-0.1, -0.05) is 32.4 Å². The van der Waals surface area contributed by atoms with Gasteiger partial charge in [-0.05, 0) is 44.9 Å². The lowest BCUT2D eigenvalue weighted by molar-refractivity contribution is 0.303. The van der Waals surface area contributed by atoms with E-state index in [1.54, 1.807) is 0 Å². The molecule has 0 saturated carbocycles. The average molecular weight is 249 g/mol. The Morgan fingerprint density at radius 3 is 2.67 bits per heavy atom. The summed E-state index contributed by atoms with van der Waals surface area (Å²) in [5.74, 6) is 1.04. The van der Waals surface area contributed by atoms with Crippen LogP contribution in [0.2, 0.25) is 0 Å². The largest absolute Gasteiger partial charge is 0.493 e. The fourth-order valence-corrected chi connectivity index (χ4v) is 1.92. The number of rotatable bonds is 8. The van der Waals surface area contributed by atoms with E-state index in [0.29, 0.717) is 6.04 Å². The highest BCUT2D eigenvalue weighted by Crippen LogP contribution is 2.26. The van der Waals surface area contributed by atoms with Crippen molar-refractivity contribution in [3.05, 3.63) is 29.3 Å². The number of hydrogen-bond acceptors (Lipinski definition) is 2. The van der Waals surface area contributed by atoms with Crippen LogP contribution in [-0.2, 0) is 0 Å². The summed E-state index contributed by atoms with van der Waals surface area (Å²) in [6.07, 6.45) is 3.44. The molecule has 0 saturated heterocycles. The predicted octanol–water partition coefficient (Wildman–Crippen LogP) is 4.23. The molecule has 0 aliphatic rings. The summed E-state index contributed by atoms with van der Waals surface area (Å²) in [5.41, 5.74) is 2.53. The second-order valence-corrected chi connectivity index (χ2v) is 4.92. The molecule has 1 atom stereocenters. The fourth-order valence-electron chi connectivity index (χ4n) is 1.92. The highest BCUT2D eigenvalue weighted by Gasteiger charge is 2.11. The standard InChI is InChI=1S/C16H27NO/c1-5-7-11-18-16-12-13(3)8-9-15(16)14(4)17-10-6-2/h8-9,12,14,17H,5-7,10-11H2,1-4H3. The maximum absolute atomic E-state index is 5.92. The van der Waals surface area contributed by atoms with Crippen molar-refractivity contribution in [2.75, 3.05) is 13.2 Å². The van der Waals surface area contributed by atoms with Crippen LogP contribution in [0.4, 0.5) is 0 Å². The first kappa shape index (κ1) is 15.0. The molecule has 0 bridgehead atoms. The number of benzene rings is 1. The van der Waals surface area contributed by atoms with Crippen LogP contribution in [0, 0.1) is 6.92 Å². The van der Waals surface area contributed by atoms with Gasteiger partial charge in [0.05, 0.1) is 6.61 Å². The summed E-state index contributed by atoms with van der Waals surface area (Å²) in [6, 6.07) is 6.84. The Balaban J connectivity index is 2.74. The summed E-state index contributed by atoms with van der Waals surface area (Å²) in [7, 11) is 0. The molecule has 1 rings (SSSR count). The molecule has 102 valence electrons. The number of unbranched alkanes of at least 4 members (excludes halogenated alkanes) is 1. The third-order valence-corrected chi connectivity index (χ3v) is 3.09. The number of hydrogen-bond donors (Lipinski definition) is 1. The van der Waals surface area contributed by atoms with E-state index in [9.17, 15) is 0 Å². The smallest absolute Gasteiger partial charge is 0.124 e. The second-order valence-electron chi connectivity index (χ2n) is 4.92. The summed E-state index contributed by atoms with van der Waals surface area (Å²) in [4.78, 5) is 0. The molecule has 18 heavy (non-hydrogen) atoms. The monoisotopic (exact) mass is 249 g/mol. The lowest BCUT2D eigenvalue weighted by Gasteiger charge is -2.18. The first-order valence-electron chi connectivity index (χ1n) is 7.15. The summed E-state index contributed by atoms with van der Waals surface area (Å²) in [6.45, 7) is 10.5. The van der Waals surface area contributed by atoms with Crippen LogP contribution in [0.3, 0.4) is 0 Å².